The lowest BCUT2D eigenvalue weighted by Gasteiger charge is -2.20. The molecule has 0 bridgehead atoms. The lowest BCUT2D eigenvalue weighted by molar-refractivity contribution is 0.276. The first-order valence-corrected chi connectivity index (χ1v) is 3.29. The standard InChI is InChI=1S/C6H11ClN2/c1-6(2)4-5(7)9(3)8-6/h4,8H,1-3H3. The summed E-state index contributed by atoms with van der Waals surface area (Å²) in [7, 11) is 1.90. The Hall–Kier alpha value is -0.210. The molecule has 1 rings (SSSR count). The number of hydrogen-bond donors (Lipinski definition) is 1. The van der Waals surface area contributed by atoms with Crippen LogP contribution in [0.25, 0.3) is 0 Å². The molecule has 0 aromatic heterocycles. The van der Waals surface area contributed by atoms with Gasteiger partial charge in [0.2, 0.25) is 0 Å². The zero-order valence-electron chi connectivity index (χ0n) is 5.90. The van der Waals surface area contributed by atoms with Gasteiger partial charge >= 0.3 is 0 Å². The Morgan fingerprint density at radius 3 is 2.33 bits per heavy atom. The highest BCUT2D eigenvalue weighted by Gasteiger charge is 2.24. The minimum Gasteiger partial charge on any atom is -0.301 e. The van der Waals surface area contributed by atoms with E-state index in [2.05, 4.69) is 19.3 Å². The van der Waals surface area contributed by atoms with Crippen LogP contribution in [0.5, 0.6) is 0 Å². The number of hydrogen-bond acceptors (Lipinski definition) is 2. The Labute approximate surface area is 60.5 Å². The summed E-state index contributed by atoms with van der Waals surface area (Å²) in [4.78, 5) is 0. The molecular weight excluding hydrogens is 136 g/mol. The summed E-state index contributed by atoms with van der Waals surface area (Å²) in [6, 6.07) is 0. The maximum absolute atomic E-state index is 5.77. The molecule has 0 spiro atoms. The van der Waals surface area contributed by atoms with Crippen LogP contribution in [0.2, 0.25) is 0 Å². The van der Waals surface area contributed by atoms with Crippen LogP contribution in [0.1, 0.15) is 13.8 Å². The van der Waals surface area contributed by atoms with Crippen molar-refractivity contribution in [3.63, 3.8) is 0 Å². The maximum atomic E-state index is 5.77. The minimum absolute atomic E-state index is 0.0197. The minimum atomic E-state index is 0.0197. The smallest absolute Gasteiger partial charge is 0.116 e. The number of nitrogens with one attached hydrogen (secondary N) is 1. The first-order chi connectivity index (χ1) is 4.01. The van der Waals surface area contributed by atoms with Gasteiger partial charge in [-0.05, 0) is 19.9 Å². The predicted octanol–water partition coefficient (Wildman–Crippen LogP) is 1.30. The van der Waals surface area contributed by atoms with Crippen molar-refractivity contribution >= 4 is 11.6 Å². The fourth-order valence-electron chi connectivity index (χ4n) is 0.912. The first kappa shape index (κ1) is 6.90. The van der Waals surface area contributed by atoms with Gasteiger partial charge in [-0.25, -0.2) is 5.43 Å². The predicted molar refractivity (Wildman–Crippen MR) is 38.9 cm³/mol. The van der Waals surface area contributed by atoms with Gasteiger partial charge in [0, 0.05) is 7.05 Å². The van der Waals surface area contributed by atoms with Crippen LogP contribution >= 0.6 is 11.6 Å². The van der Waals surface area contributed by atoms with Crippen LogP contribution in [0.3, 0.4) is 0 Å². The van der Waals surface area contributed by atoms with Crippen molar-refractivity contribution in [2.24, 2.45) is 0 Å². The van der Waals surface area contributed by atoms with Gasteiger partial charge < -0.3 is 5.01 Å². The van der Waals surface area contributed by atoms with Crippen LogP contribution in [-0.2, 0) is 0 Å². The van der Waals surface area contributed by atoms with Crippen LogP contribution in [0.15, 0.2) is 11.2 Å². The fourth-order valence-corrected chi connectivity index (χ4v) is 1.23. The molecule has 9 heavy (non-hydrogen) atoms. The highest BCUT2D eigenvalue weighted by molar-refractivity contribution is 6.29. The highest BCUT2D eigenvalue weighted by Crippen LogP contribution is 2.20. The van der Waals surface area contributed by atoms with E-state index in [4.69, 9.17) is 11.6 Å². The van der Waals surface area contributed by atoms with E-state index in [1.807, 2.05) is 18.1 Å². The third kappa shape index (κ3) is 1.37. The fraction of sp³-hybridized carbons (Fsp3) is 0.667. The third-order valence-electron chi connectivity index (χ3n) is 1.26. The SMILES string of the molecule is CN1NC(C)(C)C=C1Cl. The van der Waals surface area contributed by atoms with Crippen molar-refractivity contribution in [3.8, 4) is 0 Å². The molecule has 1 aliphatic rings. The van der Waals surface area contributed by atoms with E-state index < -0.39 is 0 Å². The van der Waals surface area contributed by atoms with E-state index in [9.17, 15) is 0 Å². The Balaban J connectivity index is 2.74. The molecule has 3 heteroatoms. The summed E-state index contributed by atoms with van der Waals surface area (Å²) < 4.78 is 0. The molecule has 0 radical (unpaired) electrons. The normalized spacial score (nSPS) is 24.4. The molecule has 0 saturated carbocycles. The quantitative estimate of drug-likeness (QED) is 0.519. The summed E-state index contributed by atoms with van der Waals surface area (Å²) in [6.07, 6.45) is 1.98. The summed E-state index contributed by atoms with van der Waals surface area (Å²) in [5.74, 6) is 0. The maximum Gasteiger partial charge on any atom is 0.116 e. The van der Waals surface area contributed by atoms with Gasteiger partial charge in [-0.3, -0.25) is 0 Å². The molecular formula is C6H11ClN2. The van der Waals surface area contributed by atoms with Gasteiger partial charge in [0.25, 0.3) is 0 Å². The van der Waals surface area contributed by atoms with Gasteiger partial charge in [-0.1, -0.05) is 11.6 Å². The largest absolute Gasteiger partial charge is 0.301 e. The molecule has 1 heterocycles. The molecule has 0 atom stereocenters. The molecule has 0 aromatic carbocycles. The summed E-state index contributed by atoms with van der Waals surface area (Å²) in [5, 5.41) is 2.57. The Morgan fingerprint density at radius 2 is 2.22 bits per heavy atom. The monoisotopic (exact) mass is 146 g/mol. The topological polar surface area (TPSA) is 15.3 Å². The van der Waals surface area contributed by atoms with E-state index >= 15 is 0 Å². The summed E-state index contributed by atoms with van der Waals surface area (Å²) in [6.45, 7) is 4.14. The summed E-state index contributed by atoms with van der Waals surface area (Å²) in [5.41, 5.74) is 3.17. The van der Waals surface area contributed by atoms with E-state index in [0.29, 0.717) is 0 Å². The molecule has 52 valence electrons. The van der Waals surface area contributed by atoms with Crippen molar-refractivity contribution < 1.29 is 0 Å². The Morgan fingerprint density at radius 1 is 1.67 bits per heavy atom. The van der Waals surface area contributed by atoms with Gasteiger partial charge in [-0.15, -0.1) is 0 Å². The molecule has 0 aliphatic carbocycles. The second-order valence-corrected chi connectivity index (χ2v) is 3.25. The lowest BCUT2D eigenvalue weighted by Crippen LogP contribution is -2.40. The number of hydrazine groups is 1. The van der Waals surface area contributed by atoms with Crippen LogP contribution in [-0.4, -0.2) is 17.6 Å². The number of rotatable bonds is 0. The van der Waals surface area contributed by atoms with Gasteiger partial charge in [0.15, 0.2) is 0 Å². The molecule has 1 aliphatic heterocycles. The van der Waals surface area contributed by atoms with E-state index in [0.717, 1.165) is 5.16 Å². The van der Waals surface area contributed by atoms with Crippen molar-refractivity contribution in [1.82, 2.24) is 10.4 Å². The first-order valence-electron chi connectivity index (χ1n) is 2.91. The van der Waals surface area contributed by atoms with Gasteiger partial charge in [-0.2, -0.15) is 0 Å². The average molecular weight is 147 g/mol. The zero-order valence-corrected chi connectivity index (χ0v) is 6.66. The van der Waals surface area contributed by atoms with Gasteiger partial charge in [0.1, 0.15) is 5.16 Å². The van der Waals surface area contributed by atoms with Crippen molar-refractivity contribution in [1.29, 1.82) is 0 Å². The zero-order chi connectivity index (χ0) is 7.07. The number of nitrogens with zero attached hydrogens (tertiary/aromatic N) is 1. The molecule has 0 amide bonds. The second kappa shape index (κ2) is 1.89. The number of halogens is 1. The van der Waals surface area contributed by atoms with E-state index in [1.54, 1.807) is 0 Å². The van der Waals surface area contributed by atoms with Crippen molar-refractivity contribution in [3.05, 3.63) is 11.2 Å². The van der Waals surface area contributed by atoms with E-state index in [1.165, 1.54) is 0 Å². The third-order valence-corrected chi connectivity index (χ3v) is 1.62. The molecule has 1 N–H and O–H groups in total. The molecule has 0 unspecified atom stereocenters. The highest BCUT2D eigenvalue weighted by atomic mass is 35.5. The van der Waals surface area contributed by atoms with Crippen LogP contribution < -0.4 is 5.43 Å². The van der Waals surface area contributed by atoms with Crippen molar-refractivity contribution in [2.45, 2.75) is 19.4 Å². The van der Waals surface area contributed by atoms with Crippen LogP contribution in [0.4, 0.5) is 0 Å². The molecule has 2 nitrogen and oxygen atoms in total. The molecule has 0 fully saturated rings. The lowest BCUT2D eigenvalue weighted by atomic mass is 10.1. The van der Waals surface area contributed by atoms with E-state index in [-0.39, 0.29) is 5.54 Å². The van der Waals surface area contributed by atoms with Crippen molar-refractivity contribution in [2.75, 3.05) is 7.05 Å². The van der Waals surface area contributed by atoms with Gasteiger partial charge in [0.05, 0.1) is 5.54 Å². The second-order valence-electron chi connectivity index (χ2n) is 2.86. The molecule has 0 saturated heterocycles. The molecule has 0 aromatic rings. The van der Waals surface area contributed by atoms with Crippen LogP contribution in [0, 0.1) is 0 Å². The average Bonchev–Trinajstić information content (AvgIpc) is 1.79. The summed E-state index contributed by atoms with van der Waals surface area (Å²) >= 11 is 5.77. The Bertz CT molecular complexity index is 151. The Kier molecular flexibility index (Phi) is 1.45.